The van der Waals surface area contributed by atoms with Gasteiger partial charge in [-0.3, -0.25) is 0 Å². The standard InChI is InChI=1S/C13H26N2/c1-10-4-3-7-15-13(10)9-14-8-11(2)12-5-6-12/h10-15H,3-9H2,1-2H3. The van der Waals surface area contributed by atoms with Crippen LogP contribution in [0.4, 0.5) is 0 Å². The monoisotopic (exact) mass is 210 g/mol. The summed E-state index contributed by atoms with van der Waals surface area (Å²) in [5, 5.41) is 7.27. The fraction of sp³-hybridized carbons (Fsp3) is 1.00. The summed E-state index contributed by atoms with van der Waals surface area (Å²) in [5.74, 6) is 2.78. The highest BCUT2D eigenvalue weighted by Crippen LogP contribution is 2.36. The van der Waals surface area contributed by atoms with Gasteiger partial charge in [0.05, 0.1) is 0 Å². The molecule has 3 atom stereocenters. The largest absolute Gasteiger partial charge is 0.315 e. The molecule has 0 aromatic heterocycles. The summed E-state index contributed by atoms with van der Waals surface area (Å²) >= 11 is 0. The molecule has 2 fully saturated rings. The average molecular weight is 210 g/mol. The van der Waals surface area contributed by atoms with Gasteiger partial charge >= 0.3 is 0 Å². The Morgan fingerprint density at radius 3 is 2.80 bits per heavy atom. The lowest BCUT2D eigenvalue weighted by molar-refractivity contribution is 0.285. The highest BCUT2D eigenvalue weighted by molar-refractivity contribution is 4.83. The van der Waals surface area contributed by atoms with Crippen LogP contribution in [0.15, 0.2) is 0 Å². The molecule has 2 nitrogen and oxygen atoms in total. The molecule has 2 heteroatoms. The minimum atomic E-state index is 0.713. The van der Waals surface area contributed by atoms with E-state index in [9.17, 15) is 0 Å². The number of nitrogens with one attached hydrogen (secondary N) is 2. The molecular weight excluding hydrogens is 184 g/mol. The van der Waals surface area contributed by atoms with Crippen LogP contribution < -0.4 is 10.6 Å². The predicted molar refractivity (Wildman–Crippen MR) is 64.9 cm³/mol. The van der Waals surface area contributed by atoms with Gasteiger partial charge in [-0.15, -0.1) is 0 Å². The first-order chi connectivity index (χ1) is 7.27. The van der Waals surface area contributed by atoms with Crippen molar-refractivity contribution in [2.24, 2.45) is 17.8 Å². The summed E-state index contributed by atoms with van der Waals surface area (Å²) in [4.78, 5) is 0. The molecule has 88 valence electrons. The van der Waals surface area contributed by atoms with E-state index in [0.29, 0.717) is 6.04 Å². The number of hydrogen-bond acceptors (Lipinski definition) is 2. The van der Waals surface area contributed by atoms with Gasteiger partial charge in [0.1, 0.15) is 0 Å². The maximum absolute atomic E-state index is 3.64. The first kappa shape index (κ1) is 11.4. The molecule has 1 saturated carbocycles. The molecule has 3 unspecified atom stereocenters. The van der Waals surface area contributed by atoms with E-state index in [1.54, 1.807) is 0 Å². The molecule has 15 heavy (non-hydrogen) atoms. The van der Waals surface area contributed by atoms with Crippen molar-refractivity contribution >= 4 is 0 Å². The fourth-order valence-electron chi connectivity index (χ4n) is 2.69. The molecule has 0 aromatic carbocycles. The minimum absolute atomic E-state index is 0.713. The summed E-state index contributed by atoms with van der Waals surface area (Å²) in [6, 6.07) is 0.713. The molecule has 0 bridgehead atoms. The van der Waals surface area contributed by atoms with Gasteiger partial charge in [-0.25, -0.2) is 0 Å². The summed E-state index contributed by atoms with van der Waals surface area (Å²) in [5.41, 5.74) is 0. The molecule has 2 rings (SSSR count). The number of rotatable bonds is 5. The van der Waals surface area contributed by atoms with Crippen molar-refractivity contribution in [1.82, 2.24) is 10.6 Å². The quantitative estimate of drug-likeness (QED) is 0.725. The van der Waals surface area contributed by atoms with Crippen molar-refractivity contribution in [2.75, 3.05) is 19.6 Å². The smallest absolute Gasteiger partial charge is 0.0218 e. The second-order valence-corrected chi connectivity index (χ2v) is 5.65. The Morgan fingerprint density at radius 1 is 1.33 bits per heavy atom. The Labute approximate surface area is 94.2 Å². The van der Waals surface area contributed by atoms with Crippen LogP contribution in [0.3, 0.4) is 0 Å². The minimum Gasteiger partial charge on any atom is -0.315 e. The van der Waals surface area contributed by atoms with Gasteiger partial charge in [0.2, 0.25) is 0 Å². The van der Waals surface area contributed by atoms with Gasteiger partial charge in [0, 0.05) is 12.6 Å². The van der Waals surface area contributed by atoms with Crippen LogP contribution in [-0.4, -0.2) is 25.7 Å². The van der Waals surface area contributed by atoms with Gasteiger partial charge < -0.3 is 10.6 Å². The van der Waals surface area contributed by atoms with E-state index in [-0.39, 0.29) is 0 Å². The zero-order chi connectivity index (χ0) is 10.7. The lowest BCUT2D eigenvalue weighted by Gasteiger charge is -2.30. The van der Waals surface area contributed by atoms with Crippen LogP contribution >= 0.6 is 0 Å². The molecule has 2 aliphatic rings. The molecule has 1 saturated heterocycles. The van der Waals surface area contributed by atoms with Gasteiger partial charge in [-0.2, -0.15) is 0 Å². The molecule has 1 aliphatic carbocycles. The normalized spacial score (nSPS) is 34.0. The molecule has 1 aliphatic heterocycles. The third kappa shape index (κ3) is 3.46. The molecule has 2 N–H and O–H groups in total. The van der Waals surface area contributed by atoms with Crippen LogP contribution in [0.1, 0.15) is 39.5 Å². The topological polar surface area (TPSA) is 24.1 Å². The third-order valence-corrected chi connectivity index (χ3v) is 4.19. The molecule has 0 amide bonds. The first-order valence-corrected chi connectivity index (χ1v) is 6.71. The Bertz CT molecular complexity index is 189. The third-order valence-electron chi connectivity index (χ3n) is 4.19. The van der Waals surface area contributed by atoms with Crippen molar-refractivity contribution in [3.05, 3.63) is 0 Å². The van der Waals surface area contributed by atoms with E-state index in [4.69, 9.17) is 0 Å². The maximum Gasteiger partial charge on any atom is 0.0218 e. The van der Waals surface area contributed by atoms with Crippen molar-refractivity contribution < 1.29 is 0 Å². The van der Waals surface area contributed by atoms with Gasteiger partial charge in [0.25, 0.3) is 0 Å². The fourth-order valence-corrected chi connectivity index (χ4v) is 2.69. The molecule has 1 heterocycles. The molecule has 0 aromatic rings. The van der Waals surface area contributed by atoms with Crippen LogP contribution in [0.5, 0.6) is 0 Å². The van der Waals surface area contributed by atoms with E-state index in [1.165, 1.54) is 38.8 Å². The summed E-state index contributed by atoms with van der Waals surface area (Å²) < 4.78 is 0. The maximum atomic E-state index is 3.64. The van der Waals surface area contributed by atoms with Crippen LogP contribution in [0, 0.1) is 17.8 Å². The zero-order valence-corrected chi connectivity index (χ0v) is 10.3. The van der Waals surface area contributed by atoms with Crippen LogP contribution in [0.25, 0.3) is 0 Å². The van der Waals surface area contributed by atoms with Gasteiger partial charge in [-0.05, 0) is 56.5 Å². The second kappa shape index (κ2) is 5.31. The Morgan fingerprint density at radius 2 is 2.13 bits per heavy atom. The van der Waals surface area contributed by atoms with E-state index in [1.807, 2.05) is 0 Å². The highest BCUT2D eigenvalue weighted by atomic mass is 15.0. The van der Waals surface area contributed by atoms with E-state index in [0.717, 1.165) is 24.3 Å². The summed E-state index contributed by atoms with van der Waals surface area (Å²) in [7, 11) is 0. The van der Waals surface area contributed by atoms with E-state index < -0.39 is 0 Å². The predicted octanol–water partition coefficient (Wildman–Crippen LogP) is 2.01. The van der Waals surface area contributed by atoms with Crippen molar-refractivity contribution in [3.63, 3.8) is 0 Å². The van der Waals surface area contributed by atoms with E-state index >= 15 is 0 Å². The lowest BCUT2D eigenvalue weighted by Crippen LogP contribution is -2.47. The van der Waals surface area contributed by atoms with Crippen molar-refractivity contribution in [1.29, 1.82) is 0 Å². The number of piperidine rings is 1. The van der Waals surface area contributed by atoms with Gasteiger partial charge in [0.15, 0.2) is 0 Å². The van der Waals surface area contributed by atoms with Crippen LogP contribution in [-0.2, 0) is 0 Å². The lowest BCUT2D eigenvalue weighted by atomic mass is 9.92. The highest BCUT2D eigenvalue weighted by Gasteiger charge is 2.27. The van der Waals surface area contributed by atoms with Crippen molar-refractivity contribution in [2.45, 2.75) is 45.6 Å². The summed E-state index contributed by atoms with van der Waals surface area (Å²) in [6.07, 6.45) is 5.70. The van der Waals surface area contributed by atoms with Gasteiger partial charge in [-0.1, -0.05) is 13.8 Å². The van der Waals surface area contributed by atoms with Crippen LogP contribution in [0.2, 0.25) is 0 Å². The SMILES string of the molecule is CC(CNCC1NCCCC1C)C1CC1. The second-order valence-electron chi connectivity index (χ2n) is 5.65. The molecule has 0 spiro atoms. The molecule has 0 radical (unpaired) electrons. The Hall–Kier alpha value is -0.0800. The Kier molecular flexibility index (Phi) is 4.04. The Balaban J connectivity index is 1.59. The number of hydrogen-bond donors (Lipinski definition) is 2. The summed E-state index contributed by atoms with van der Waals surface area (Å²) in [6.45, 7) is 8.37. The van der Waals surface area contributed by atoms with E-state index in [2.05, 4.69) is 24.5 Å². The zero-order valence-electron chi connectivity index (χ0n) is 10.3. The molecular formula is C13H26N2. The average Bonchev–Trinajstić information content (AvgIpc) is 3.04. The first-order valence-electron chi connectivity index (χ1n) is 6.71. The van der Waals surface area contributed by atoms with Crippen molar-refractivity contribution in [3.8, 4) is 0 Å².